The molecule has 0 bridgehead atoms. The molecule has 1 aromatic carbocycles. The van der Waals surface area contributed by atoms with E-state index in [2.05, 4.69) is 30.9 Å². The van der Waals surface area contributed by atoms with Gasteiger partial charge in [-0.1, -0.05) is 12.1 Å². The van der Waals surface area contributed by atoms with Gasteiger partial charge in [0.1, 0.15) is 5.76 Å². The summed E-state index contributed by atoms with van der Waals surface area (Å²) in [4.78, 5) is 13.1. The van der Waals surface area contributed by atoms with E-state index in [4.69, 9.17) is 9.52 Å². The molecule has 1 N–H and O–H groups in total. The van der Waals surface area contributed by atoms with Gasteiger partial charge in [0.15, 0.2) is 0 Å². The highest BCUT2D eigenvalue weighted by Gasteiger charge is 2.16. The number of nitrogens with zero attached hydrogens (tertiary/aromatic N) is 1. The lowest BCUT2D eigenvalue weighted by atomic mass is 10.2. The van der Waals surface area contributed by atoms with Gasteiger partial charge in [0.2, 0.25) is 5.76 Å². The van der Waals surface area contributed by atoms with Crippen LogP contribution in [0.3, 0.4) is 0 Å². The van der Waals surface area contributed by atoms with Crippen LogP contribution >= 0.6 is 0 Å². The monoisotopic (exact) mass is 273 g/mol. The molecule has 0 aliphatic carbocycles. The minimum Gasteiger partial charge on any atom is -0.475 e. The summed E-state index contributed by atoms with van der Waals surface area (Å²) in [5.74, 6) is -0.323. The van der Waals surface area contributed by atoms with Crippen molar-refractivity contribution in [2.45, 2.75) is 27.3 Å². The van der Waals surface area contributed by atoms with Crippen molar-refractivity contribution in [3.8, 4) is 0 Å². The smallest absolute Gasteiger partial charge is 0.372 e. The molecule has 0 unspecified atom stereocenters. The van der Waals surface area contributed by atoms with Crippen LogP contribution in [0.5, 0.6) is 0 Å². The van der Waals surface area contributed by atoms with Crippen LogP contribution in [-0.4, -0.2) is 17.6 Å². The Morgan fingerprint density at radius 2 is 2.05 bits per heavy atom. The van der Waals surface area contributed by atoms with Crippen molar-refractivity contribution < 1.29 is 14.3 Å². The van der Waals surface area contributed by atoms with Gasteiger partial charge in [0.25, 0.3) is 0 Å². The molecule has 0 aliphatic heterocycles. The number of benzene rings is 1. The molecule has 1 heterocycles. The number of anilines is 1. The SMILES string of the molecule is CCN(Cc1cc(C)c(C(=O)O)o1)c1cccc(C)c1. The highest BCUT2D eigenvalue weighted by atomic mass is 16.4. The lowest BCUT2D eigenvalue weighted by Gasteiger charge is -2.22. The Morgan fingerprint density at radius 3 is 2.60 bits per heavy atom. The lowest BCUT2D eigenvalue weighted by Crippen LogP contribution is -2.21. The van der Waals surface area contributed by atoms with Gasteiger partial charge in [-0.15, -0.1) is 0 Å². The minimum absolute atomic E-state index is 0.0281. The van der Waals surface area contributed by atoms with Crippen molar-refractivity contribution in [1.29, 1.82) is 0 Å². The molecule has 2 aromatic rings. The van der Waals surface area contributed by atoms with Gasteiger partial charge < -0.3 is 14.4 Å². The Hall–Kier alpha value is -2.23. The van der Waals surface area contributed by atoms with Gasteiger partial charge >= 0.3 is 5.97 Å². The molecule has 0 fully saturated rings. The van der Waals surface area contributed by atoms with E-state index in [1.807, 2.05) is 12.1 Å². The number of aromatic carboxylic acids is 1. The Balaban J connectivity index is 2.22. The molecular weight excluding hydrogens is 254 g/mol. The molecule has 0 radical (unpaired) electrons. The number of aryl methyl sites for hydroxylation is 2. The zero-order chi connectivity index (χ0) is 14.7. The summed E-state index contributed by atoms with van der Waals surface area (Å²) in [5.41, 5.74) is 2.97. The van der Waals surface area contributed by atoms with Crippen LogP contribution in [0.2, 0.25) is 0 Å². The van der Waals surface area contributed by atoms with Gasteiger partial charge in [-0.3, -0.25) is 0 Å². The zero-order valence-electron chi connectivity index (χ0n) is 12.0. The quantitative estimate of drug-likeness (QED) is 0.904. The maximum atomic E-state index is 11.0. The van der Waals surface area contributed by atoms with Crippen LogP contribution in [-0.2, 0) is 6.54 Å². The van der Waals surface area contributed by atoms with Crippen molar-refractivity contribution in [2.75, 3.05) is 11.4 Å². The fourth-order valence-electron chi connectivity index (χ4n) is 2.24. The van der Waals surface area contributed by atoms with Crippen molar-refractivity contribution in [2.24, 2.45) is 0 Å². The van der Waals surface area contributed by atoms with Crippen LogP contribution < -0.4 is 4.90 Å². The van der Waals surface area contributed by atoms with Crippen LogP contribution in [0.1, 0.15) is 34.4 Å². The van der Waals surface area contributed by atoms with Crippen LogP contribution in [0.25, 0.3) is 0 Å². The largest absolute Gasteiger partial charge is 0.475 e. The summed E-state index contributed by atoms with van der Waals surface area (Å²) in [6.45, 7) is 7.26. The maximum Gasteiger partial charge on any atom is 0.372 e. The first-order valence-corrected chi connectivity index (χ1v) is 6.65. The second-order valence-corrected chi connectivity index (χ2v) is 4.88. The number of rotatable bonds is 5. The maximum absolute atomic E-state index is 11.0. The number of carboxylic acid groups (broad SMARTS) is 1. The van der Waals surface area contributed by atoms with Gasteiger partial charge in [-0.25, -0.2) is 4.79 Å². The van der Waals surface area contributed by atoms with E-state index < -0.39 is 5.97 Å². The average Bonchev–Trinajstić information content (AvgIpc) is 2.77. The Kier molecular flexibility index (Phi) is 4.13. The fraction of sp³-hybridized carbons (Fsp3) is 0.312. The van der Waals surface area contributed by atoms with Crippen LogP contribution in [0.15, 0.2) is 34.7 Å². The minimum atomic E-state index is -1.02. The molecule has 0 saturated carbocycles. The van der Waals surface area contributed by atoms with Gasteiger partial charge in [0.05, 0.1) is 6.54 Å². The lowest BCUT2D eigenvalue weighted by molar-refractivity contribution is 0.0659. The molecule has 106 valence electrons. The number of carbonyl (C=O) groups is 1. The number of hydrogen-bond donors (Lipinski definition) is 1. The third-order valence-electron chi connectivity index (χ3n) is 3.26. The summed E-state index contributed by atoms with van der Waals surface area (Å²) in [7, 11) is 0. The molecular formula is C16H19NO3. The number of hydrogen-bond acceptors (Lipinski definition) is 3. The predicted octanol–water partition coefficient (Wildman–Crippen LogP) is 3.62. The Morgan fingerprint density at radius 1 is 1.30 bits per heavy atom. The van der Waals surface area contributed by atoms with Gasteiger partial charge in [0, 0.05) is 17.8 Å². The highest BCUT2D eigenvalue weighted by molar-refractivity contribution is 5.86. The first-order valence-electron chi connectivity index (χ1n) is 6.65. The first-order chi connectivity index (χ1) is 9.51. The molecule has 2 rings (SSSR count). The summed E-state index contributed by atoms with van der Waals surface area (Å²) in [5, 5.41) is 9.02. The summed E-state index contributed by atoms with van der Waals surface area (Å²) in [6, 6.07) is 10.0. The summed E-state index contributed by atoms with van der Waals surface area (Å²) >= 11 is 0. The number of carboxylic acids is 1. The van der Waals surface area contributed by atoms with E-state index in [1.54, 1.807) is 13.0 Å². The highest BCUT2D eigenvalue weighted by Crippen LogP contribution is 2.21. The van der Waals surface area contributed by atoms with Crippen molar-refractivity contribution in [3.05, 3.63) is 53.0 Å². The summed E-state index contributed by atoms with van der Waals surface area (Å²) in [6.07, 6.45) is 0. The fourth-order valence-corrected chi connectivity index (χ4v) is 2.24. The van der Waals surface area contributed by atoms with E-state index in [0.717, 1.165) is 12.2 Å². The van der Waals surface area contributed by atoms with E-state index in [1.165, 1.54) is 5.56 Å². The molecule has 20 heavy (non-hydrogen) atoms. The van der Waals surface area contributed by atoms with Crippen molar-refractivity contribution in [3.63, 3.8) is 0 Å². The van der Waals surface area contributed by atoms with Crippen LogP contribution in [0, 0.1) is 13.8 Å². The van der Waals surface area contributed by atoms with E-state index in [-0.39, 0.29) is 5.76 Å². The summed E-state index contributed by atoms with van der Waals surface area (Å²) < 4.78 is 5.42. The molecule has 4 nitrogen and oxygen atoms in total. The third-order valence-corrected chi connectivity index (χ3v) is 3.26. The Labute approximate surface area is 118 Å². The molecule has 0 aliphatic rings. The Bertz CT molecular complexity index is 616. The molecule has 1 aromatic heterocycles. The average molecular weight is 273 g/mol. The van der Waals surface area contributed by atoms with Crippen LogP contribution in [0.4, 0.5) is 5.69 Å². The van der Waals surface area contributed by atoms with E-state index in [0.29, 0.717) is 17.9 Å². The van der Waals surface area contributed by atoms with Gasteiger partial charge in [-0.05, 0) is 44.5 Å². The second-order valence-electron chi connectivity index (χ2n) is 4.88. The van der Waals surface area contributed by atoms with Gasteiger partial charge in [-0.2, -0.15) is 0 Å². The molecule has 0 spiro atoms. The normalized spacial score (nSPS) is 10.6. The second kappa shape index (κ2) is 5.82. The third kappa shape index (κ3) is 3.02. The van der Waals surface area contributed by atoms with Crippen molar-refractivity contribution >= 4 is 11.7 Å². The molecule has 0 amide bonds. The standard InChI is InChI=1S/C16H19NO3/c1-4-17(13-7-5-6-11(2)8-13)10-14-9-12(3)15(20-14)16(18)19/h5-9H,4,10H2,1-3H3,(H,18,19). The number of furan rings is 1. The van der Waals surface area contributed by atoms with E-state index >= 15 is 0 Å². The topological polar surface area (TPSA) is 53.7 Å². The van der Waals surface area contributed by atoms with Crippen molar-refractivity contribution in [1.82, 2.24) is 0 Å². The molecule has 4 heteroatoms. The van der Waals surface area contributed by atoms with E-state index in [9.17, 15) is 4.79 Å². The zero-order valence-corrected chi connectivity index (χ0v) is 12.0. The molecule has 0 saturated heterocycles. The predicted molar refractivity (Wildman–Crippen MR) is 78.3 cm³/mol. The first kappa shape index (κ1) is 14.2. The molecule has 0 atom stereocenters.